The molecular weight excluding hydrogens is 324 g/mol. The number of nitrogens with one attached hydrogen (secondary N) is 1. The Hall–Kier alpha value is -1.50. The van der Waals surface area contributed by atoms with E-state index >= 15 is 0 Å². The Labute approximate surface area is 142 Å². The molecule has 128 valence electrons. The first kappa shape index (κ1) is 16.0. The van der Waals surface area contributed by atoms with Crippen LogP contribution >= 0.6 is 0 Å². The maximum absolute atomic E-state index is 12.7. The zero-order valence-electron chi connectivity index (χ0n) is 13.7. The SMILES string of the molecule is CO[C@@H]1C[C@@H](NS(=O)(=O)Cc2cccc3cccnc23)C12CCC2. The van der Waals surface area contributed by atoms with Gasteiger partial charge in [-0.05, 0) is 30.9 Å². The van der Waals surface area contributed by atoms with Gasteiger partial charge >= 0.3 is 0 Å². The number of hydrogen-bond donors (Lipinski definition) is 1. The number of aromatic nitrogens is 1. The highest BCUT2D eigenvalue weighted by Crippen LogP contribution is 2.57. The molecule has 2 aliphatic carbocycles. The maximum Gasteiger partial charge on any atom is 0.216 e. The van der Waals surface area contributed by atoms with Crippen molar-refractivity contribution in [2.75, 3.05) is 7.11 Å². The third kappa shape index (κ3) is 2.53. The van der Waals surface area contributed by atoms with E-state index in [4.69, 9.17) is 4.74 Å². The molecule has 2 fully saturated rings. The fourth-order valence-corrected chi connectivity index (χ4v) is 5.74. The monoisotopic (exact) mass is 346 g/mol. The van der Waals surface area contributed by atoms with E-state index in [1.807, 2.05) is 30.3 Å². The van der Waals surface area contributed by atoms with Crippen molar-refractivity contribution in [3.05, 3.63) is 42.1 Å². The number of pyridine rings is 1. The molecule has 0 radical (unpaired) electrons. The van der Waals surface area contributed by atoms with Gasteiger partial charge in [0.2, 0.25) is 10.0 Å². The Morgan fingerprint density at radius 3 is 2.79 bits per heavy atom. The van der Waals surface area contributed by atoms with Crippen molar-refractivity contribution >= 4 is 20.9 Å². The van der Waals surface area contributed by atoms with Gasteiger partial charge in [-0.1, -0.05) is 30.7 Å². The van der Waals surface area contributed by atoms with Gasteiger partial charge in [0.25, 0.3) is 0 Å². The lowest BCUT2D eigenvalue weighted by Crippen LogP contribution is -2.67. The molecule has 0 bridgehead atoms. The van der Waals surface area contributed by atoms with E-state index in [0.29, 0.717) is 0 Å². The minimum atomic E-state index is -3.41. The Balaban J connectivity index is 1.54. The third-order valence-electron chi connectivity index (χ3n) is 5.74. The van der Waals surface area contributed by atoms with Gasteiger partial charge < -0.3 is 4.74 Å². The van der Waals surface area contributed by atoms with Gasteiger partial charge in [-0.15, -0.1) is 0 Å². The van der Waals surface area contributed by atoms with E-state index in [1.54, 1.807) is 13.3 Å². The van der Waals surface area contributed by atoms with Crippen LogP contribution in [-0.2, 0) is 20.5 Å². The van der Waals surface area contributed by atoms with Crippen LogP contribution in [0.5, 0.6) is 0 Å². The number of rotatable bonds is 5. The Morgan fingerprint density at radius 2 is 2.08 bits per heavy atom. The van der Waals surface area contributed by atoms with Crippen LogP contribution in [0.2, 0.25) is 0 Å². The average molecular weight is 346 g/mol. The highest BCUT2D eigenvalue weighted by molar-refractivity contribution is 7.88. The Kier molecular flexibility index (Phi) is 3.86. The fourth-order valence-electron chi connectivity index (χ4n) is 4.25. The summed E-state index contributed by atoms with van der Waals surface area (Å²) in [4.78, 5) is 4.35. The van der Waals surface area contributed by atoms with Gasteiger partial charge in [0.1, 0.15) is 0 Å². The molecule has 0 amide bonds. The van der Waals surface area contributed by atoms with Crippen LogP contribution in [0.15, 0.2) is 36.5 Å². The molecule has 1 spiro atoms. The maximum atomic E-state index is 12.7. The van der Waals surface area contributed by atoms with E-state index < -0.39 is 10.0 Å². The summed E-state index contributed by atoms with van der Waals surface area (Å²) in [6.45, 7) is 0. The number of para-hydroxylation sites is 1. The fraction of sp³-hybridized carbons (Fsp3) is 0.500. The normalized spacial score (nSPS) is 25.4. The summed E-state index contributed by atoms with van der Waals surface area (Å²) in [6.07, 6.45) is 5.92. The van der Waals surface area contributed by atoms with Crippen molar-refractivity contribution in [1.82, 2.24) is 9.71 Å². The van der Waals surface area contributed by atoms with Crippen LogP contribution in [0.1, 0.15) is 31.2 Å². The second kappa shape index (κ2) is 5.79. The first-order chi connectivity index (χ1) is 11.5. The first-order valence-corrected chi connectivity index (χ1v) is 10.0. The van der Waals surface area contributed by atoms with Gasteiger partial charge in [0.05, 0.1) is 17.4 Å². The van der Waals surface area contributed by atoms with Crippen LogP contribution in [0.3, 0.4) is 0 Å². The summed E-state index contributed by atoms with van der Waals surface area (Å²) in [5.74, 6) is -0.0361. The topological polar surface area (TPSA) is 68.3 Å². The lowest BCUT2D eigenvalue weighted by atomic mass is 9.51. The van der Waals surface area contributed by atoms with Crippen molar-refractivity contribution in [2.24, 2.45) is 5.41 Å². The summed E-state index contributed by atoms with van der Waals surface area (Å²) in [5, 5.41) is 0.962. The summed E-state index contributed by atoms with van der Waals surface area (Å²) >= 11 is 0. The minimum absolute atomic E-state index is 0.00383. The molecule has 1 heterocycles. The van der Waals surface area contributed by atoms with Crippen LogP contribution in [0.25, 0.3) is 10.9 Å². The van der Waals surface area contributed by atoms with E-state index in [0.717, 1.165) is 42.1 Å². The van der Waals surface area contributed by atoms with Gasteiger partial charge in [-0.25, -0.2) is 13.1 Å². The van der Waals surface area contributed by atoms with Crippen molar-refractivity contribution in [2.45, 2.75) is 43.6 Å². The molecule has 0 unspecified atom stereocenters. The lowest BCUT2D eigenvalue weighted by molar-refractivity contribution is -0.155. The lowest BCUT2D eigenvalue weighted by Gasteiger charge is -2.60. The molecule has 2 aromatic rings. The zero-order chi connectivity index (χ0) is 16.8. The minimum Gasteiger partial charge on any atom is -0.381 e. The predicted octanol–water partition coefficient (Wildman–Crippen LogP) is 2.61. The molecule has 4 rings (SSSR count). The summed E-state index contributed by atoms with van der Waals surface area (Å²) in [5.41, 5.74) is 1.52. The van der Waals surface area contributed by atoms with Gasteiger partial charge in [0.15, 0.2) is 0 Å². The molecule has 1 aromatic heterocycles. The smallest absolute Gasteiger partial charge is 0.216 e. The molecule has 5 nitrogen and oxygen atoms in total. The molecule has 1 N–H and O–H groups in total. The highest BCUT2D eigenvalue weighted by atomic mass is 32.2. The van der Waals surface area contributed by atoms with E-state index in [-0.39, 0.29) is 23.3 Å². The van der Waals surface area contributed by atoms with Crippen LogP contribution < -0.4 is 4.72 Å². The first-order valence-electron chi connectivity index (χ1n) is 8.39. The third-order valence-corrected chi connectivity index (χ3v) is 7.07. The Bertz CT molecular complexity index is 856. The van der Waals surface area contributed by atoms with E-state index in [9.17, 15) is 8.42 Å². The number of benzene rings is 1. The van der Waals surface area contributed by atoms with Gasteiger partial charge in [0, 0.05) is 30.1 Å². The van der Waals surface area contributed by atoms with Crippen molar-refractivity contribution < 1.29 is 13.2 Å². The molecule has 2 atom stereocenters. The molecule has 2 aliphatic rings. The van der Waals surface area contributed by atoms with Crippen molar-refractivity contribution in [3.8, 4) is 0 Å². The largest absolute Gasteiger partial charge is 0.381 e. The second-order valence-corrected chi connectivity index (χ2v) is 8.72. The molecule has 6 heteroatoms. The number of hydrogen-bond acceptors (Lipinski definition) is 4. The highest BCUT2D eigenvalue weighted by Gasteiger charge is 2.59. The van der Waals surface area contributed by atoms with Gasteiger partial charge in [-0.3, -0.25) is 4.98 Å². The van der Waals surface area contributed by atoms with E-state index in [1.165, 1.54) is 0 Å². The summed E-state index contributed by atoms with van der Waals surface area (Å²) in [6, 6.07) is 9.48. The molecule has 0 aliphatic heterocycles. The molecule has 2 saturated carbocycles. The number of methoxy groups -OCH3 is 1. The van der Waals surface area contributed by atoms with Gasteiger partial charge in [-0.2, -0.15) is 0 Å². The second-order valence-electron chi connectivity index (χ2n) is 6.97. The standard InChI is InChI=1S/C18H22N2O3S/c1-23-16-11-15(18(16)8-4-9-18)20-24(21,22)12-14-6-2-5-13-7-3-10-19-17(13)14/h2-3,5-7,10,15-16,20H,4,8-9,11-12H2,1H3/t15-,16-/m1/s1. The van der Waals surface area contributed by atoms with Crippen LogP contribution in [-0.4, -0.2) is 32.7 Å². The number of sulfonamides is 1. The molecule has 1 aromatic carbocycles. The molecule has 24 heavy (non-hydrogen) atoms. The van der Waals surface area contributed by atoms with Crippen molar-refractivity contribution in [1.29, 1.82) is 0 Å². The van der Waals surface area contributed by atoms with Crippen molar-refractivity contribution in [3.63, 3.8) is 0 Å². The number of fused-ring (bicyclic) bond motifs is 1. The van der Waals surface area contributed by atoms with Crippen LogP contribution in [0, 0.1) is 5.41 Å². The summed E-state index contributed by atoms with van der Waals surface area (Å²) in [7, 11) is -1.69. The quantitative estimate of drug-likeness (QED) is 0.904. The Morgan fingerprint density at radius 1 is 1.29 bits per heavy atom. The average Bonchev–Trinajstić information content (AvgIpc) is 2.49. The number of ether oxygens (including phenoxy) is 1. The summed E-state index contributed by atoms with van der Waals surface area (Å²) < 4.78 is 33.8. The predicted molar refractivity (Wildman–Crippen MR) is 93.0 cm³/mol. The molecular formula is C18H22N2O3S. The molecule has 0 saturated heterocycles. The zero-order valence-corrected chi connectivity index (χ0v) is 14.6. The van der Waals surface area contributed by atoms with Crippen LogP contribution in [0.4, 0.5) is 0 Å². The number of nitrogens with zero attached hydrogens (tertiary/aromatic N) is 1. The van der Waals surface area contributed by atoms with E-state index in [2.05, 4.69) is 9.71 Å².